The highest BCUT2D eigenvalue weighted by Gasteiger charge is 2.28. The fourth-order valence-corrected chi connectivity index (χ4v) is 3.68. The number of amides is 2. The van der Waals surface area contributed by atoms with E-state index in [1.165, 1.54) is 5.69 Å². The van der Waals surface area contributed by atoms with Gasteiger partial charge in [0.05, 0.1) is 19.6 Å². The van der Waals surface area contributed by atoms with Crippen LogP contribution in [-0.2, 0) is 9.59 Å². The van der Waals surface area contributed by atoms with E-state index in [4.69, 9.17) is 10.5 Å². The number of ether oxygens (including phenoxy) is 1. The van der Waals surface area contributed by atoms with Gasteiger partial charge in [0.1, 0.15) is 5.75 Å². The number of piperidine rings is 1. The number of rotatable bonds is 5. The average Bonchev–Trinajstić information content (AvgIpc) is 2.68. The molecule has 2 heterocycles. The fourth-order valence-electron chi connectivity index (χ4n) is 3.68. The monoisotopic (exact) mass is 360 g/mol. The number of piperazine rings is 1. The third-order valence-corrected chi connectivity index (χ3v) is 5.35. The molecule has 1 unspecified atom stereocenters. The highest BCUT2D eigenvalue weighted by atomic mass is 16.5. The number of anilines is 1. The van der Waals surface area contributed by atoms with Gasteiger partial charge in [-0.1, -0.05) is 0 Å². The Bertz CT molecular complexity index is 626. The number of likely N-dealkylation sites (tertiary alicyclic amines) is 1. The van der Waals surface area contributed by atoms with Crippen molar-refractivity contribution in [3.63, 3.8) is 0 Å². The van der Waals surface area contributed by atoms with Crippen molar-refractivity contribution in [1.82, 2.24) is 9.80 Å². The minimum absolute atomic E-state index is 0.105. The minimum atomic E-state index is -0.296. The molecule has 7 nitrogen and oxygen atoms in total. The summed E-state index contributed by atoms with van der Waals surface area (Å²) in [5.41, 5.74) is 6.58. The molecule has 0 aromatic heterocycles. The Hall–Kier alpha value is -2.28. The van der Waals surface area contributed by atoms with Crippen molar-refractivity contribution in [3.05, 3.63) is 24.3 Å². The van der Waals surface area contributed by atoms with E-state index in [0.29, 0.717) is 13.1 Å². The van der Waals surface area contributed by atoms with Gasteiger partial charge in [-0.3, -0.25) is 14.5 Å². The molecule has 142 valence electrons. The fraction of sp³-hybridized carbons (Fsp3) is 0.579. The smallest absolute Gasteiger partial charge is 0.236 e. The number of carbonyl (C=O) groups excluding carboxylic acids is 2. The van der Waals surface area contributed by atoms with Crippen molar-refractivity contribution < 1.29 is 14.3 Å². The number of methoxy groups -OCH3 is 1. The SMILES string of the molecule is COc1ccc(N2CCN(CC(=O)N3CCCC(C(N)=O)C3)CC2)cc1. The van der Waals surface area contributed by atoms with E-state index in [9.17, 15) is 9.59 Å². The maximum absolute atomic E-state index is 12.6. The average molecular weight is 360 g/mol. The Labute approximate surface area is 154 Å². The van der Waals surface area contributed by atoms with Crippen LogP contribution in [0.15, 0.2) is 24.3 Å². The molecule has 1 atom stereocenters. The van der Waals surface area contributed by atoms with Crippen molar-refractivity contribution in [3.8, 4) is 5.75 Å². The summed E-state index contributed by atoms with van der Waals surface area (Å²) in [6.07, 6.45) is 1.64. The predicted octanol–water partition coefficient (Wildman–Crippen LogP) is 0.541. The van der Waals surface area contributed by atoms with Gasteiger partial charge in [-0.15, -0.1) is 0 Å². The second-order valence-corrected chi connectivity index (χ2v) is 7.04. The molecule has 1 aromatic rings. The Balaban J connectivity index is 1.47. The van der Waals surface area contributed by atoms with Crippen molar-refractivity contribution in [2.45, 2.75) is 12.8 Å². The molecule has 0 radical (unpaired) electrons. The minimum Gasteiger partial charge on any atom is -0.497 e. The number of primary amides is 1. The van der Waals surface area contributed by atoms with Crippen LogP contribution in [0.5, 0.6) is 5.75 Å². The van der Waals surface area contributed by atoms with Crippen LogP contribution in [0.2, 0.25) is 0 Å². The van der Waals surface area contributed by atoms with Crippen LogP contribution in [0.3, 0.4) is 0 Å². The summed E-state index contributed by atoms with van der Waals surface area (Å²) in [6, 6.07) is 8.07. The molecule has 0 aliphatic carbocycles. The topological polar surface area (TPSA) is 79.1 Å². The van der Waals surface area contributed by atoms with Gasteiger partial charge < -0.3 is 20.3 Å². The summed E-state index contributed by atoms with van der Waals surface area (Å²) < 4.78 is 5.20. The zero-order chi connectivity index (χ0) is 18.5. The molecule has 0 spiro atoms. The van der Waals surface area contributed by atoms with Crippen LogP contribution < -0.4 is 15.4 Å². The summed E-state index contributed by atoms with van der Waals surface area (Å²) in [6.45, 7) is 5.11. The number of hydrogen-bond acceptors (Lipinski definition) is 5. The first kappa shape index (κ1) is 18.5. The Morgan fingerprint density at radius 1 is 1.12 bits per heavy atom. The molecular weight excluding hydrogens is 332 g/mol. The van der Waals surface area contributed by atoms with Crippen molar-refractivity contribution in [1.29, 1.82) is 0 Å². The molecule has 2 amide bonds. The molecular formula is C19H28N4O3. The third-order valence-electron chi connectivity index (χ3n) is 5.35. The maximum atomic E-state index is 12.6. The van der Waals surface area contributed by atoms with Crippen LogP contribution in [0.1, 0.15) is 12.8 Å². The van der Waals surface area contributed by atoms with E-state index in [-0.39, 0.29) is 17.7 Å². The van der Waals surface area contributed by atoms with Crippen LogP contribution in [-0.4, -0.2) is 74.5 Å². The third kappa shape index (κ3) is 4.46. The van der Waals surface area contributed by atoms with E-state index in [1.54, 1.807) is 12.0 Å². The zero-order valence-corrected chi connectivity index (χ0v) is 15.4. The lowest BCUT2D eigenvalue weighted by Crippen LogP contribution is -2.52. The lowest BCUT2D eigenvalue weighted by Gasteiger charge is -2.37. The van der Waals surface area contributed by atoms with E-state index in [2.05, 4.69) is 21.9 Å². The van der Waals surface area contributed by atoms with Gasteiger partial charge in [-0.05, 0) is 37.1 Å². The normalized spacial score (nSPS) is 21.5. The summed E-state index contributed by atoms with van der Waals surface area (Å²) in [5.74, 6) is 0.470. The Morgan fingerprint density at radius 3 is 2.42 bits per heavy atom. The van der Waals surface area contributed by atoms with Gasteiger partial charge in [0.15, 0.2) is 0 Å². The Morgan fingerprint density at radius 2 is 1.81 bits per heavy atom. The summed E-state index contributed by atoms with van der Waals surface area (Å²) >= 11 is 0. The zero-order valence-electron chi connectivity index (χ0n) is 15.4. The van der Waals surface area contributed by atoms with Crippen LogP contribution in [0.4, 0.5) is 5.69 Å². The lowest BCUT2D eigenvalue weighted by atomic mass is 9.97. The van der Waals surface area contributed by atoms with Gasteiger partial charge in [0, 0.05) is 45.0 Å². The molecule has 1 aromatic carbocycles. The van der Waals surface area contributed by atoms with Gasteiger partial charge in [-0.25, -0.2) is 0 Å². The van der Waals surface area contributed by atoms with Crippen molar-refractivity contribution in [2.75, 3.05) is 57.8 Å². The first-order valence-corrected chi connectivity index (χ1v) is 9.25. The molecule has 3 rings (SSSR count). The first-order chi connectivity index (χ1) is 12.6. The molecule has 26 heavy (non-hydrogen) atoms. The van der Waals surface area contributed by atoms with Crippen molar-refractivity contribution >= 4 is 17.5 Å². The number of nitrogens with two attached hydrogens (primary N) is 1. The number of benzene rings is 1. The predicted molar refractivity (Wildman–Crippen MR) is 100 cm³/mol. The molecule has 0 saturated carbocycles. The molecule has 2 N–H and O–H groups in total. The van der Waals surface area contributed by atoms with Crippen LogP contribution in [0, 0.1) is 5.92 Å². The summed E-state index contributed by atoms with van der Waals surface area (Å²) in [4.78, 5) is 30.3. The highest BCUT2D eigenvalue weighted by molar-refractivity contribution is 5.81. The number of carbonyl (C=O) groups is 2. The molecule has 2 aliphatic heterocycles. The largest absolute Gasteiger partial charge is 0.497 e. The second kappa shape index (κ2) is 8.40. The highest BCUT2D eigenvalue weighted by Crippen LogP contribution is 2.21. The van der Waals surface area contributed by atoms with E-state index < -0.39 is 0 Å². The molecule has 7 heteroatoms. The number of nitrogens with zero attached hydrogens (tertiary/aromatic N) is 3. The Kier molecular flexibility index (Phi) is 5.98. The summed E-state index contributed by atoms with van der Waals surface area (Å²) in [7, 11) is 1.67. The molecule has 2 aliphatic rings. The molecule has 0 bridgehead atoms. The van der Waals surface area contributed by atoms with Gasteiger partial charge in [0.2, 0.25) is 11.8 Å². The van der Waals surface area contributed by atoms with Gasteiger partial charge >= 0.3 is 0 Å². The maximum Gasteiger partial charge on any atom is 0.236 e. The summed E-state index contributed by atoms with van der Waals surface area (Å²) in [5, 5.41) is 0. The van der Waals surface area contributed by atoms with Crippen molar-refractivity contribution in [2.24, 2.45) is 11.7 Å². The van der Waals surface area contributed by atoms with Gasteiger partial charge in [0.25, 0.3) is 0 Å². The van der Waals surface area contributed by atoms with E-state index in [0.717, 1.165) is 51.3 Å². The molecule has 2 saturated heterocycles. The van der Waals surface area contributed by atoms with Crippen LogP contribution in [0.25, 0.3) is 0 Å². The van der Waals surface area contributed by atoms with Gasteiger partial charge in [-0.2, -0.15) is 0 Å². The standard InChI is InChI=1S/C19H28N4O3/c1-26-17-6-4-16(5-7-17)22-11-9-21(10-12-22)14-18(24)23-8-2-3-15(13-23)19(20)25/h4-7,15H,2-3,8-14H2,1H3,(H2,20,25). The number of hydrogen-bond donors (Lipinski definition) is 1. The molecule has 2 fully saturated rings. The van der Waals surface area contributed by atoms with E-state index >= 15 is 0 Å². The second-order valence-electron chi connectivity index (χ2n) is 7.04. The quantitative estimate of drug-likeness (QED) is 0.829. The van der Waals surface area contributed by atoms with E-state index in [1.807, 2.05) is 12.1 Å². The first-order valence-electron chi connectivity index (χ1n) is 9.25. The van der Waals surface area contributed by atoms with Crippen LogP contribution >= 0.6 is 0 Å². The lowest BCUT2D eigenvalue weighted by molar-refractivity contribution is -0.136.